The quantitative estimate of drug-likeness (QED) is 0.542. The Kier molecular flexibility index (Phi) is 6.45. The summed E-state index contributed by atoms with van der Waals surface area (Å²) in [6.07, 6.45) is 5.73. The molecule has 0 fully saturated rings. The predicted octanol–water partition coefficient (Wildman–Crippen LogP) is 6.01. The van der Waals surface area contributed by atoms with Gasteiger partial charge in [0.25, 0.3) is 0 Å². The average molecular weight is 300 g/mol. The first kappa shape index (κ1) is 16.5. The summed E-state index contributed by atoms with van der Waals surface area (Å²) in [6.45, 7) is 4.77. The molecule has 2 aromatic carbocycles. The van der Waals surface area contributed by atoms with E-state index >= 15 is 0 Å². The van der Waals surface area contributed by atoms with Crippen LogP contribution in [0.15, 0.2) is 42.5 Å². The third-order valence-corrected chi connectivity index (χ3v) is 3.75. The van der Waals surface area contributed by atoms with Gasteiger partial charge in [-0.3, -0.25) is 0 Å². The zero-order chi connectivity index (χ0) is 15.8. The third-order valence-electron chi connectivity index (χ3n) is 3.75. The molecule has 2 aromatic rings. The SMILES string of the molecule is CCCCCc1ccc(-c2ccc(OCCC)c(F)c2)cc1. The highest BCUT2D eigenvalue weighted by molar-refractivity contribution is 5.64. The van der Waals surface area contributed by atoms with Gasteiger partial charge in [0.05, 0.1) is 6.61 Å². The fourth-order valence-electron chi connectivity index (χ4n) is 2.45. The van der Waals surface area contributed by atoms with E-state index in [9.17, 15) is 4.39 Å². The van der Waals surface area contributed by atoms with Crippen molar-refractivity contribution in [3.8, 4) is 16.9 Å². The van der Waals surface area contributed by atoms with E-state index in [1.807, 2.05) is 13.0 Å². The Morgan fingerprint density at radius 1 is 0.864 bits per heavy atom. The van der Waals surface area contributed by atoms with Gasteiger partial charge < -0.3 is 4.74 Å². The largest absolute Gasteiger partial charge is 0.491 e. The molecule has 0 bridgehead atoms. The van der Waals surface area contributed by atoms with Crippen LogP contribution in [0.3, 0.4) is 0 Å². The van der Waals surface area contributed by atoms with Gasteiger partial charge in [-0.1, -0.05) is 57.0 Å². The van der Waals surface area contributed by atoms with Gasteiger partial charge in [0.1, 0.15) is 0 Å². The molecule has 0 heterocycles. The lowest BCUT2D eigenvalue weighted by atomic mass is 10.0. The molecular weight excluding hydrogens is 275 g/mol. The van der Waals surface area contributed by atoms with E-state index in [1.54, 1.807) is 12.1 Å². The van der Waals surface area contributed by atoms with Gasteiger partial charge in [-0.05, 0) is 48.1 Å². The van der Waals surface area contributed by atoms with Gasteiger partial charge in [0.2, 0.25) is 0 Å². The van der Waals surface area contributed by atoms with Crippen molar-refractivity contribution in [1.29, 1.82) is 0 Å². The molecule has 1 nitrogen and oxygen atoms in total. The molecule has 0 aliphatic carbocycles. The van der Waals surface area contributed by atoms with Crippen LogP contribution in [0.1, 0.15) is 45.1 Å². The standard InChI is InChI=1S/C20H25FO/c1-3-5-6-7-16-8-10-17(11-9-16)18-12-13-20(19(21)15-18)22-14-4-2/h8-13,15H,3-7,14H2,1-2H3. The maximum absolute atomic E-state index is 14.0. The summed E-state index contributed by atoms with van der Waals surface area (Å²) >= 11 is 0. The van der Waals surface area contributed by atoms with E-state index < -0.39 is 0 Å². The molecule has 0 atom stereocenters. The Hall–Kier alpha value is -1.83. The summed E-state index contributed by atoms with van der Waals surface area (Å²) in [7, 11) is 0. The number of unbranched alkanes of at least 4 members (excludes halogenated alkanes) is 2. The molecule has 0 saturated heterocycles. The molecule has 22 heavy (non-hydrogen) atoms. The maximum Gasteiger partial charge on any atom is 0.165 e. The summed E-state index contributed by atoms with van der Waals surface area (Å²) in [4.78, 5) is 0. The van der Waals surface area contributed by atoms with Gasteiger partial charge in [0.15, 0.2) is 11.6 Å². The van der Waals surface area contributed by atoms with Crippen molar-refractivity contribution in [3.05, 3.63) is 53.8 Å². The minimum absolute atomic E-state index is 0.294. The van der Waals surface area contributed by atoms with Gasteiger partial charge >= 0.3 is 0 Å². The summed E-state index contributed by atoms with van der Waals surface area (Å²) < 4.78 is 19.4. The van der Waals surface area contributed by atoms with Crippen molar-refractivity contribution < 1.29 is 9.13 Å². The molecule has 0 spiro atoms. The van der Waals surface area contributed by atoms with Gasteiger partial charge in [-0.25, -0.2) is 4.39 Å². The first-order chi connectivity index (χ1) is 10.7. The number of ether oxygens (including phenoxy) is 1. The number of hydrogen-bond acceptors (Lipinski definition) is 1. The Bertz CT molecular complexity index is 575. The van der Waals surface area contributed by atoms with Crippen LogP contribution in [0.2, 0.25) is 0 Å². The van der Waals surface area contributed by atoms with Crippen LogP contribution in [0.5, 0.6) is 5.75 Å². The monoisotopic (exact) mass is 300 g/mol. The molecule has 0 N–H and O–H groups in total. The second-order valence-electron chi connectivity index (χ2n) is 5.65. The van der Waals surface area contributed by atoms with E-state index in [4.69, 9.17) is 4.74 Å². The van der Waals surface area contributed by atoms with E-state index in [1.165, 1.54) is 24.8 Å². The first-order valence-electron chi connectivity index (χ1n) is 8.26. The van der Waals surface area contributed by atoms with Crippen molar-refractivity contribution in [2.75, 3.05) is 6.61 Å². The minimum Gasteiger partial charge on any atom is -0.491 e. The van der Waals surface area contributed by atoms with Crippen molar-refractivity contribution in [2.24, 2.45) is 0 Å². The number of rotatable bonds is 8. The lowest BCUT2D eigenvalue weighted by molar-refractivity contribution is 0.301. The van der Waals surface area contributed by atoms with Crippen LogP contribution in [0.25, 0.3) is 11.1 Å². The molecule has 0 aliphatic heterocycles. The Morgan fingerprint density at radius 3 is 2.23 bits per heavy atom. The zero-order valence-electron chi connectivity index (χ0n) is 13.6. The minimum atomic E-state index is -0.294. The first-order valence-corrected chi connectivity index (χ1v) is 8.26. The highest BCUT2D eigenvalue weighted by Gasteiger charge is 2.06. The normalized spacial score (nSPS) is 10.7. The molecular formula is C20H25FO. The lowest BCUT2D eigenvalue weighted by Crippen LogP contribution is -1.97. The van der Waals surface area contributed by atoms with Crippen LogP contribution in [0, 0.1) is 5.82 Å². The van der Waals surface area contributed by atoms with E-state index in [0.717, 1.165) is 24.0 Å². The van der Waals surface area contributed by atoms with Crippen LogP contribution in [0.4, 0.5) is 4.39 Å². The van der Waals surface area contributed by atoms with Crippen LogP contribution < -0.4 is 4.74 Å². The van der Waals surface area contributed by atoms with Gasteiger partial charge in [0, 0.05) is 0 Å². The Morgan fingerprint density at radius 2 is 1.59 bits per heavy atom. The van der Waals surface area contributed by atoms with Crippen molar-refractivity contribution in [3.63, 3.8) is 0 Å². The highest BCUT2D eigenvalue weighted by atomic mass is 19.1. The van der Waals surface area contributed by atoms with E-state index in [2.05, 4.69) is 31.2 Å². The topological polar surface area (TPSA) is 9.23 Å². The summed E-state index contributed by atoms with van der Waals surface area (Å²) in [5.74, 6) is 0.0414. The molecule has 2 rings (SSSR count). The fraction of sp³-hybridized carbons (Fsp3) is 0.400. The molecule has 2 heteroatoms. The van der Waals surface area contributed by atoms with Gasteiger partial charge in [-0.15, -0.1) is 0 Å². The van der Waals surface area contributed by atoms with Gasteiger partial charge in [-0.2, -0.15) is 0 Å². The van der Waals surface area contributed by atoms with Crippen molar-refractivity contribution in [1.82, 2.24) is 0 Å². The highest BCUT2D eigenvalue weighted by Crippen LogP contribution is 2.26. The second-order valence-corrected chi connectivity index (χ2v) is 5.65. The van der Waals surface area contributed by atoms with Crippen LogP contribution >= 0.6 is 0 Å². The Labute approximate surface area is 133 Å². The number of aryl methyl sites for hydroxylation is 1. The smallest absolute Gasteiger partial charge is 0.165 e. The summed E-state index contributed by atoms with van der Waals surface area (Å²) in [5.41, 5.74) is 3.28. The number of hydrogen-bond donors (Lipinski definition) is 0. The van der Waals surface area contributed by atoms with Crippen molar-refractivity contribution >= 4 is 0 Å². The number of benzene rings is 2. The Balaban J connectivity index is 2.06. The van der Waals surface area contributed by atoms with Crippen LogP contribution in [-0.4, -0.2) is 6.61 Å². The lowest BCUT2D eigenvalue weighted by Gasteiger charge is -2.08. The van der Waals surface area contributed by atoms with Crippen LogP contribution in [-0.2, 0) is 6.42 Å². The molecule has 0 aromatic heterocycles. The molecule has 118 valence electrons. The molecule has 0 amide bonds. The molecule has 0 radical (unpaired) electrons. The predicted molar refractivity (Wildman–Crippen MR) is 90.9 cm³/mol. The third kappa shape index (κ3) is 4.59. The average Bonchev–Trinajstić information content (AvgIpc) is 2.54. The maximum atomic E-state index is 14.0. The summed E-state index contributed by atoms with van der Waals surface area (Å²) in [6, 6.07) is 13.6. The molecule has 0 unspecified atom stereocenters. The van der Waals surface area contributed by atoms with E-state index in [-0.39, 0.29) is 5.82 Å². The van der Waals surface area contributed by atoms with Crippen molar-refractivity contribution in [2.45, 2.75) is 46.0 Å². The second kappa shape index (κ2) is 8.57. The fourth-order valence-corrected chi connectivity index (χ4v) is 2.45. The molecule has 0 saturated carbocycles. The van der Waals surface area contributed by atoms with E-state index in [0.29, 0.717) is 12.4 Å². The summed E-state index contributed by atoms with van der Waals surface area (Å²) in [5, 5.41) is 0. The zero-order valence-corrected chi connectivity index (χ0v) is 13.6. The number of halogens is 1. The molecule has 0 aliphatic rings.